The Kier molecular flexibility index (Phi) is 4.29. The smallest absolute Gasteiger partial charge is 0.233 e. The third-order valence-electron chi connectivity index (χ3n) is 5.09. The van der Waals surface area contributed by atoms with E-state index in [2.05, 4.69) is 29.3 Å². The normalized spacial score (nSPS) is 21.0. The maximum Gasteiger partial charge on any atom is 0.233 e. The van der Waals surface area contributed by atoms with E-state index < -0.39 is 0 Å². The average Bonchev–Trinajstić information content (AvgIpc) is 3.36. The molecule has 21 heavy (non-hydrogen) atoms. The van der Waals surface area contributed by atoms with E-state index in [-0.39, 0.29) is 5.41 Å². The fraction of sp³-hybridized carbons (Fsp3) is 0.611. The summed E-state index contributed by atoms with van der Waals surface area (Å²) in [5.74, 6) is 1.02. The lowest BCUT2D eigenvalue weighted by Gasteiger charge is -2.32. The Morgan fingerprint density at radius 3 is 2.48 bits per heavy atom. The Labute approximate surface area is 127 Å². The minimum Gasteiger partial charge on any atom is -0.342 e. The number of hydrogen-bond donors (Lipinski definition) is 1. The quantitative estimate of drug-likeness (QED) is 0.902. The number of likely N-dealkylation sites (N-methyl/N-ethyl adjacent to an activating group) is 1. The molecular weight excluding hydrogens is 260 g/mol. The van der Waals surface area contributed by atoms with Crippen LogP contribution in [0.3, 0.4) is 0 Å². The molecule has 1 N–H and O–H groups in total. The Morgan fingerprint density at radius 2 is 1.90 bits per heavy atom. The van der Waals surface area contributed by atoms with Gasteiger partial charge in [-0.2, -0.15) is 0 Å². The summed E-state index contributed by atoms with van der Waals surface area (Å²) in [6.07, 6.45) is 4.42. The van der Waals surface area contributed by atoms with Crippen LogP contribution in [0.15, 0.2) is 30.3 Å². The SMILES string of the molecule is CCN(CC1CCNCC1)C(=O)C1(c2ccccc2)CC1. The summed E-state index contributed by atoms with van der Waals surface area (Å²) in [6, 6.07) is 10.3. The van der Waals surface area contributed by atoms with Crippen molar-refractivity contribution in [3.05, 3.63) is 35.9 Å². The molecule has 1 saturated heterocycles. The van der Waals surface area contributed by atoms with Gasteiger partial charge in [-0.3, -0.25) is 4.79 Å². The van der Waals surface area contributed by atoms with Gasteiger partial charge in [0.25, 0.3) is 0 Å². The second kappa shape index (κ2) is 6.18. The number of carbonyl (C=O) groups excluding carboxylic acids is 1. The minimum absolute atomic E-state index is 0.204. The Bertz CT molecular complexity index is 475. The van der Waals surface area contributed by atoms with Crippen molar-refractivity contribution in [2.75, 3.05) is 26.2 Å². The average molecular weight is 286 g/mol. The summed E-state index contributed by atoms with van der Waals surface area (Å²) in [5, 5.41) is 3.40. The molecule has 0 unspecified atom stereocenters. The Morgan fingerprint density at radius 1 is 1.24 bits per heavy atom. The molecule has 0 spiro atoms. The maximum atomic E-state index is 13.0. The molecule has 1 amide bonds. The van der Waals surface area contributed by atoms with E-state index in [9.17, 15) is 4.79 Å². The predicted molar refractivity (Wildman–Crippen MR) is 85.2 cm³/mol. The van der Waals surface area contributed by atoms with Gasteiger partial charge in [0.05, 0.1) is 5.41 Å². The molecule has 0 aromatic heterocycles. The molecule has 0 radical (unpaired) electrons. The zero-order chi connectivity index (χ0) is 14.7. The van der Waals surface area contributed by atoms with Gasteiger partial charge < -0.3 is 10.2 Å². The molecule has 3 heteroatoms. The van der Waals surface area contributed by atoms with Crippen molar-refractivity contribution in [2.45, 2.75) is 38.0 Å². The van der Waals surface area contributed by atoms with Crippen LogP contribution in [0, 0.1) is 5.92 Å². The van der Waals surface area contributed by atoms with E-state index in [0.717, 1.165) is 39.0 Å². The predicted octanol–water partition coefficient (Wildman–Crippen LogP) is 2.57. The van der Waals surface area contributed by atoms with Crippen LogP contribution in [-0.2, 0) is 10.2 Å². The molecule has 1 aromatic rings. The lowest BCUT2D eigenvalue weighted by molar-refractivity contribution is -0.134. The molecule has 1 aromatic carbocycles. The van der Waals surface area contributed by atoms with Gasteiger partial charge in [0.15, 0.2) is 0 Å². The van der Waals surface area contributed by atoms with Crippen LogP contribution < -0.4 is 5.32 Å². The highest BCUT2D eigenvalue weighted by atomic mass is 16.2. The van der Waals surface area contributed by atoms with Crippen LogP contribution in [0.25, 0.3) is 0 Å². The standard InChI is InChI=1S/C18H26N2O/c1-2-20(14-15-8-12-19-13-9-15)17(21)18(10-11-18)16-6-4-3-5-7-16/h3-7,15,19H,2,8-14H2,1H3. The van der Waals surface area contributed by atoms with Gasteiger partial charge in [-0.05, 0) is 57.2 Å². The van der Waals surface area contributed by atoms with Gasteiger partial charge in [-0.15, -0.1) is 0 Å². The first-order valence-electron chi connectivity index (χ1n) is 8.32. The second-order valence-corrected chi connectivity index (χ2v) is 6.49. The molecule has 1 aliphatic heterocycles. The van der Waals surface area contributed by atoms with Gasteiger partial charge in [0, 0.05) is 13.1 Å². The molecule has 1 saturated carbocycles. The summed E-state index contributed by atoms with van der Waals surface area (Å²) < 4.78 is 0. The van der Waals surface area contributed by atoms with Crippen molar-refractivity contribution in [3.63, 3.8) is 0 Å². The number of carbonyl (C=O) groups is 1. The Hall–Kier alpha value is -1.35. The molecule has 3 nitrogen and oxygen atoms in total. The van der Waals surface area contributed by atoms with Gasteiger partial charge in [-0.25, -0.2) is 0 Å². The topological polar surface area (TPSA) is 32.3 Å². The molecule has 2 aliphatic rings. The van der Waals surface area contributed by atoms with Gasteiger partial charge in [-0.1, -0.05) is 30.3 Å². The zero-order valence-corrected chi connectivity index (χ0v) is 13.0. The van der Waals surface area contributed by atoms with E-state index in [1.54, 1.807) is 0 Å². The van der Waals surface area contributed by atoms with Crippen LogP contribution in [0.4, 0.5) is 0 Å². The Balaban J connectivity index is 1.70. The highest BCUT2D eigenvalue weighted by molar-refractivity contribution is 5.91. The second-order valence-electron chi connectivity index (χ2n) is 6.49. The van der Waals surface area contributed by atoms with E-state index >= 15 is 0 Å². The van der Waals surface area contributed by atoms with Gasteiger partial charge in [0.1, 0.15) is 0 Å². The number of rotatable bonds is 5. The molecule has 1 aliphatic carbocycles. The first-order valence-corrected chi connectivity index (χ1v) is 8.32. The highest BCUT2D eigenvalue weighted by Crippen LogP contribution is 2.49. The maximum absolute atomic E-state index is 13.0. The van der Waals surface area contributed by atoms with Crippen molar-refractivity contribution in [3.8, 4) is 0 Å². The summed E-state index contributed by atoms with van der Waals surface area (Å²) in [7, 11) is 0. The van der Waals surface area contributed by atoms with Crippen LogP contribution in [0.1, 0.15) is 38.2 Å². The lowest BCUT2D eigenvalue weighted by Crippen LogP contribution is -2.43. The highest BCUT2D eigenvalue weighted by Gasteiger charge is 2.52. The van der Waals surface area contributed by atoms with Crippen LogP contribution in [0.5, 0.6) is 0 Å². The molecular formula is C18H26N2O. The number of hydrogen-bond acceptors (Lipinski definition) is 2. The van der Waals surface area contributed by atoms with E-state index in [1.165, 1.54) is 18.4 Å². The number of amides is 1. The molecule has 1 heterocycles. The van der Waals surface area contributed by atoms with Crippen LogP contribution in [0.2, 0.25) is 0 Å². The third-order valence-corrected chi connectivity index (χ3v) is 5.09. The first-order chi connectivity index (χ1) is 10.3. The summed E-state index contributed by atoms with van der Waals surface area (Å²) in [5.41, 5.74) is 1.00. The number of piperidine rings is 1. The van der Waals surface area contributed by atoms with E-state index in [4.69, 9.17) is 0 Å². The van der Waals surface area contributed by atoms with Crippen molar-refractivity contribution < 1.29 is 4.79 Å². The van der Waals surface area contributed by atoms with E-state index in [1.807, 2.05) is 18.2 Å². The fourth-order valence-corrected chi connectivity index (χ4v) is 3.54. The minimum atomic E-state index is -0.204. The van der Waals surface area contributed by atoms with Crippen molar-refractivity contribution in [1.82, 2.24) is 10.2 Å². The molecule has 3 rings (SSSR count). The number of benzene rings is 1. The van der Waals surface area contributed by atoms with Gasteiger partial charge >= 0.3 is 0 Å². The monoisotopic (exact) mass is 286 g/mol. The summed E-state index contributed by atoms with van der Waals surface area (Å²) in [4.78, 5) is 15.2. The molecule has 2 fully saturated rings. The molecule has 0 atom stereocenters. The molecule has 114 valence electrons. The zero-order valence-electron chi connectivity index (χ0n) is 13.0. The largest absolute Gasteiger partial charge is 0.342 e. The number of nitrogens with one attached hydrogen (secondary N) is 1. The van der Waals surface area contributed by atoms with Gasteiger partial charge in [0.2, 0.25) is 5.91 Å². The van der Waals surface area contributed by atoms with Crippen molar-refractivity contribution in [1.29, 1.82) is 0 Å². The first kappa shape index (κ1) is 14.6. The van der Waals surface area contributed by atoms with Crippen molar-refractivity contribution in [2.24, 2.45) is 5.92 Å². The summed E-state index contributed by atoms with van der Waals surface area (Å²) >= 11 is 0. The lowest BCUT2D eigenvalue weighted by atomic mass is 9.92. The van der Waals surface area contributed by atoms with E-state index in [0.29, 0.717) is 11.8 Å². The van der Waals surface area contributed by atoms with Crippen molar-refractivity contribution >= 4 is 5.91 Å². The van der Waals surface area contributed by atoms with Crippen LogP contribution >= 0.6 is 0 Å². The third kappa shape index (κ3) is 2.98. The molecule has 0 bridgehead atoms. The number of nitrogens with zero attached hydrogens (tertiary/aromatic N) is 1. The fourth-order valence-electron chi connectivity index (χ4n) is 3.54. The van der Waals surface area contributed by atoms with Crippen LogP contribution in [-0.4, -0.2) is 37.0 Å². The summed E-state index contributed by atoms with van der Waals surface area (Å²) in [6.45, 7) is 6.07.